The van der Waals surface area contributed by atoms with Crippen molar-refractivity contribution in [3.8, 4) is 0 Å². The largest absolute Gasteiger partial charge is 0.446 e. The van der Waals surface area contributed by atoms with E-state index in [4.69, 9.17) is 14.2 Å². The molecule has 2 heterocycles. The molecule has 0 aromatic carbocycles. The maximum Gasteiger partial charge on any atom is 0.410 e. The van der Waals surface area contributed by atoms with Crippen LogP contribution in [0, 0.1) is 50.7 Å². The van der Waals surface area contributed by atoms with E-state index in [0.717, 1.165) is 64.7 Å². The molecule has 0 aromatic heterocycles. The molecule has 13 unspecified atom stereocenters. The molecule has 5 saturated carbocycles. The predicted octanol–water partition coefficient (Wildman–Crippen LogP) is 5.39. The van der Waals surface area contributed by atoms with Gasteiger partial charge in [-0.3, -0.25) is 0 Å². The van der Waals surface area contributed by atoms with Crippen LogP contribution in [0.5, 0.6) is 0 Å². The highest BCUT2D eigenvalue weighted by molar-refractivity contribution is 5.68. The number of amides is 1. The molecular weight excluding hydrogens is 568 g/mol. The molecule has 7 rings (SSSR count). The van der Waals surface area contributed by atoms with Gasteiger partial charge in [0.25, 0.3) is 0 Å². The van der Waals surface area contributed by atoms with Gasteiger partial charge in [-0.15, -0.1) is 0 Å². The SMILES string of the molecule is CCOC(C1CC(C)C2C(O1)C(O)C1(C)C3CCC4C(C)(C)C(OC(=O)N5CCNCC5)CCC45CC35CCC21C)C(C)(C)O. The van der Waals surface area contributed by atoms with Gasteiger partial charge in [-0.1, -0.05) is 34.6 Å². The number of fused-ring (bicyclic) bond motifs is 4. The highest BCUT2D eigenvalue weighted by Gasteiger charge is 2.84. The molecular formula is C37H62N2O6. The Balaban J connectivity index is 1.14. The van der Waals surface area contributed by atoms with Crippen LogP contribution in [-0.4, -0.2) is 90.1 Å². The zero-order valence-corrected chi connectivity index (χ0v) is 29.4. The first-order valence-electron chi connectivity index (χ1n) is 18.4. The maximum absolute atomic E-state index is 13.2. The zero-order chi connectivity index (χ0) is 32.4. The molecule has 7 aliphatic rings. The van der Waals surface area contributed by atoms with Gasteiger partial charge >= 0.3 is 6.09 Å². The fraction of sp³-hybridized carbons (Fsp3) is 0.973. The number of aliphatic hydroxyl groups excluding tert-OH is 1. The van der Waals surface area contributed by atoms with Gasteiger partial charge in [0.2, 0.25) is 0 Å². The summed E-state index contributed by atoms with van der Waals surface area (Å²) in [5.41, 5.74) is -0.793. The second kappa shape index (κ2) is 10.5. The van der Waals surface area contributed by atoms with Gasteiger partial charge in [-0.05, 0) is 112 Å². The van der Waals surface area contributed by atoms with Gasteiger partial charge < -0.3 is 34.6 Å². The number of ether oxygens (including phenoxy) is 3. The van der Waals surface area contributed by atoms with E-state index in [1.807, 2.05) is 25.7 Å². The highest BCUT2D eigenvalue weighted by atomic mass is 16.6. The minimum Gasteiger partial charge on any atom is -0.446 e. The molecule has 0 bridgehead atoms. The Morgan fingerprint density at radius 3 is 2.38 bits per heavy atom. The van der Waals surface area contributed by atoms with Crippen LogP contribution >= 0.6 is 0 Å². The summed E-state index contributed by atoms with van der Waals surface area (Å²) in [7, 11) is 0. The van der Waals surface area contributed by atoms with Crippen LogP contribution in [-0.2, 0) is 14.2 Å². The van der Waals surface area contributed by atoms with Crippen LogP contribution in [0.4, 0.5) is 4.79 Å². The molecule has 8 heteroatoms. The minimum absolute atomic E-state index is 0.00457. The third-order valence-electron chi connectivity index (χ3n) is 15.8. The first-order valence-corrected chi connectivity index (χ1v) is 18.4. The van der Waals surface area contributed by atoms with Crippen LogP contribution in [0.3, 0.4) is 0 Å². The lowest BCUT2D eigenvalue weighted by molar-refractivity contribution is -0.215. The van der Waals surface area contributed by atoms with Crippen LogP contribution in [0.25, 0.3) is 0 Å². The van der Waals surface area contributed by atoms with Crippen LogP contribution in [0.2, 0.25) is 0 Å². The number of aliphatic hydroxyl groups is 2. The number of hydrogen-bond donors (Lipinski definition) is 3. The molecule has 1 amide bonds. The minimum atomic E-state index is -1.02. The lowest BCUT2D eigenvalue weighted by Gasteiger charge is -2.63. The van der Waals surface area contributed by atoms with Crippen molar-refractivity contribution in [3.63, 3.8) is 0 Å². The van der Waals surface area contributed by atoms with Crippen molar-refractivity contribution in [1.82, 2.24) is 10.2 Å². The van der Waals surface area contributed by atoms with Crippen molar-refractivity contribution in [2.24, 2.45) is 50.7 Å². The van der Waals surface area contributed by atoms with Crippen LogP contribution in [0.15, 0.2) is 0 Å². The van der Waals surface area contributed by atoms with Crippen molar-refractivity contribution in [1.29, 1.82) is 0 Å². The number of carbonyl (C=O) groups is 1. The Morgan fingerprint density at radius 2 is 1.71 bits per heavy atom. The molecule has 2 spiro atoms. The number of carbonyl (C=O) groups excluding carboxylic acids is 1. The van der Waals surface area contributed by atoms with Gasteiger partial charge in [0.05, 0.1) is 23.9 Å². The van der Waals surface area contributed by atoms with Crippen molar-refractivity contribution < 1.29 is 29.2 Å². The lowest BCUT2D eigenvalue weighted by atomic mass is 9.41. The summed E-state index contributed by atoms with van der Waals surface area (Å²) < 4.78 is 19.4. The number of nitrogens with one attached hydrogen (secondary N) is 1. The van der Waals surface area contributed by atoms with E-state index in [0.29, 0.717) is 30.3 Å². The number of nitrogens with zero attached hydrogens (tertiary/aromatic N) is 1. The smallest absolute Gasteiger partial charge is 0.410 e. The summed E-state index contributed by atoms with van der Waals surface area (Å²) in [6.45, 7) is 21.3. The number of rotatable bonds is 5. The maximum atomic E-state index is 13.2. The lowest BCUT2D eigenvalue weighted by Crippen LogP contribution is -2.60. The van der Waals surface area contributed by atoms with Crippen molar-refractivity contribution in [2.75, 3.05) is 32.8 Å². The van der Waals surface area contributed by atoms with E-state index >= 15 is 0 Å². The topological polar surface area (TPSA) is 100 Å². The molecule has 3 N–H and O–H groups in total. The average Bonchev–Trinajstić information content (AvgIpc) is 3.61. The summed E-state index contributed by atoms with van der Waals surface area (Å²) in [5, 5.41) is 26.9. The van der Waals surface area contributed by atoms with Gasteiger partial charge in [-0.25, -0.2) is 4.79 Å². The summed E-state index contributed by atoms with van der Waals surface area (Å²) >= 11 is 0. The Bertz CT molecular complexity index is 1170. The fourth-order valence-electron chi connectivity index (χ4n) is 13.7. The normalized spacial score (nSPS) is 50.8. The highest BCUT2D eigenvalue weighted by Crippen LogP contribution is 2.89. The van der Waals surface area contributed by atoms with E-state index < -0.39 is 17.8 Å². The molecule has 8 nitrogen and oxygen atoms in total. The molecule has 256 valence electrons. The molecule has 0 radical (unpaired) electrons. The molecule has 2 saturated heterocycles. The van der Waals surface area contributed by atoms with Gasteiger partial charge in [-0.2, -0.15) is 0 Å². The molecule has 0 aromatic rings. The predicted molar refractivity (Wildman–Crippen MR) is 173 cm³/mol. The Morgan fingerprint density at radius 1 is 1.04 bits per heavy atom. The molecule has 7 fully saturated rings. The summed E-state index contributed by atoms with van der Waals surface area (Å²) in [4.78, 5) is 15.1. The second-order valence-corrected chi connectivity index (χ2v) is 18.2. The first kappa shape index (κ1) is 32.6. The molecule has 2 aliphatic heterocycles. The average molecular weight is 631 g/mol. The van der Waals surface area contributed by atoms with Crippen LogP contribution < -0.4 is 5.32 Å². The van der Waals surface area contributed by atoms with Crippen molar-refractivity contribution >= 4 is 6.09 Å². The first-order chi connectivity index (χ1) is 21.1. The van der Waals surface area contributed by atoms with E-state index in [-0.39, 0.29) is 51.5 Å². The zero-order valence-electron chi connectivity index (χ0n) is 29.4. The third-order valence-corrected chi connectivity index (χ3v) is 15.8. The molecule has 13 atom stereocenters. The standard InChI is InChI=1S/C37H62N2O6/c1-9-43-30(33(5,6)42)23-20-22(2)27-28(44-23)29(40)35(8)25-11-10-24-32(3,4)26(45-31(41)39-18-16-38-17-19-39)12-13-36(24)21-37(25,36)15-14-34(27,35)7/h22-30,38,40,42H,9-21H2,1-8H3. The van der Waals surface area contributed by atoms with E-state index in [1.165, 1.54) is 12.8 Å². The molecule has 45 heavy (non-hydrogen) atoms. The summed E-state index contributed by atoms with van der Waals surface area (Å²) in [6, 6.07) is 0. The van der Waals surface area contributed by atoms with Crippen molar-refractivity contribution in [3.05, 3.63) is 0 Å². The van der Waals surface area contributed by atoms with Crippen molar-refractivity contribution in [2.45, 2.75) is 143 Å². The second-order valence-electron chi connectivity index (χ2n) is 18.2. The van der Waals surface area contributed by atoms with Crippen LogP contribution in [0.1, 0.15) is 107 Å². The molecule has 5 aliphatic carbocycles. The van der Waals surface area contributed by atoms with E-state index in [1.54, 1.807) is 0 Å². The summed E-state index contributed by atoms with van der Waals surface area (Å²) in [5.74, 6) is 1.66. The van der Waals surface area contributed by atoms with Gasteiger partial charge in [0, 0.05) is 43.6 Å². The van der Waals surface area contributed by atoms with E-state index in [2.05, 4.69) is 39.9 Å². The van der Waals surface area contributed by atoms with Gasteiger partial charge in [0.15, 0.2) is 0 Å². The fourth-order valence-corrected chi connectivity index (χ4v) is 13.7. The number of piperazine rings is 1. The van der Waals surface area contributed by atoms with E-state index in [9.17, 15) is 15.0 Å². The Labute approximate surface area is 271 Å². The third kappa shape index (κ3) is 4.29. The Hall–Kier alpha value is -0.930. The quantitative estimate of drug-likeness (QED) is 0.375. The summed E-state index contributed by atoms with van der Waals surface area (Å²) in [6.07, 6.45) is 7.19. The monoisotopic (exact) mass is 630 g/mol. The van der Waals surface area contributed by atoms with Gasteiger partial charge in [0.1, 0.15) is 12.2 Å². The Kier molecular flexibility index (Phi) is 7.63. The number of hydrogen-bond acceptors (Lipinski definition) is 7.